The van der Waals surface area contributed by atoms with Crippen LogP contribution in [0, 0.1) is 5.92 Å². The number of nitrogens with two attached hydrogens (primary N) is 1. The largest absolute Gasteiger partial charge is 0.481 e. The van der Waals surface area contributed by atoms with Crippen LogP contribution in [0.15, 0.2) is 30.3 Å². The van der Waals surface area contributed by atoms with Crippen LogP contribution in [0.25, 0.3) is 0 Å². The van der Waals surface area contributed by atoms with Crippen molar-refractivity contribution in [1.82, 2.24) is 21.3 Å². The lowest BCUT2D eigenvalue weighted by Crippen LogP contribution is -2.58. The Hall–Kier alpha value is -3.96. The fourth-order valence-corrected chi connectivity index (χ4v) is 3.30. The van der Waals surface area contributed by atoms with E-state index in [9.17, 15) is 28.8 Å². The first-order chi connectivity index (χ1) is 16.8. The molecule has 5 amide bonds. The van der Waals surface area contributed by atoms with Crippen LogP contribution in [0.5, 0.6) is 0 Å². The van der Waals surface area contributed by atoms with Crippen molar-refractivity contribution in [3.8, 4) is 0 Å². The molecule has 198 valence electrons. The van der Waals surface area contributed by atoms with Crippen LogP contribution in [0.2, 0.25) is 0 Å². The van der Waals surface area contributed by atoms with E-state index in [0.29, 0.717) is 0 Å². The molecule has 7 N–H and O–H groups in total. The van der Waals surface area contributed by atoms with Gasteiger partial charge in [-0.2, -0.15) is 0 Å². The van der Waals surface area contributed by atoms with E-state index in [1.807, 2.05) is 0 Å². The van der Waals surface area contributed by atoms with Crippen molar-refractivity contribution in [2.45, 2.75) is 71.1 Å². The Morgan fingerprint density at radius 3 is 1.92 bits per heavy atom. The molecule has 0 aromatic heterocycles. The Kier molecular flexibility index (Phi) is 12.1. The second-order valence-electron chi connectivity index (χ2n) is 8.80. The summed E-state index contributed by atoms with van der Waals surface area (Å²) < 4.78 is 0. The van der Waals surface area contributed by atoms with Crippen LogP contribution in [0.1, 0.15) is 46.1 Å². The molecule has 0 radical (unpaired) electrons. The number of hydrogen-bond donors (Lipinski definition) is 6. The van der Waals surface area contributed by atoms with E-state index in [2.05, 4.69) is 21.3 Å². The number of primary amides is 1. The molecule has 12 heteroatoms. The van der Waals surface area contributed by atoms with Gasteiger partial charge in [0.1, 0.15) is 24.2 Å². The molecular formula is C24H35N5O7. The molecule has 0 saturated carbocycles. The van der Waals surface area contributed by atoms with Gasteiger partial charge in [0.05, 0.1) is 0 Å². The molecule has 0 saturated heterocycles. The van der Waals surface area contributed by atoms with Gasteiger partial charge in [0.2, 0.25) is 29.5 Å². The third kappa shape index (κ3) is 10.5. The van der Waals surface area contributed by atoms with Crippen LogP contribution in [0.3, 0.4) is 0 Å². The summed E-state index contributed by atoms with van der Waals surface area (Å²) in [6, 6.07) is 4.59. The Morgan fingerprint density at radius 2 is 1.42 bits per heavy atom. The highest BCUT2D eigenvalue weighted by molar-refractivity contribution is 5.95. The number of hydrogen-bond acceptors (Lipinski definition) is 6. The van der Waals surface area contributed by atoms with Gasteiger partial charge in [-0.15, -0.1) is 0 Å². The molecule has 36 heavy (non-hydrogen) atoms. The summed E-state index contributed by atoms with van der Waals surface area (Å²) in [4.78, 5) is 72.4. The highest BCUT2D eigenvalue weighted by Gasteiger charge is 2.30. The topological polar surface area (TPSA) is 197 Å². The molecule has 4 atom stereocenters. The lowest BCUT2D eigenvalue weighted by molar-refractivity contribution is -0.138. The predicted octanol–water partition coefficient (Wildman–Crippen LogP) is -0.786. The number of aliphatic carboxylic acids is 1. The molecule has 0 spiro atoms. The van der Waals surface area contributed by atoms with E-state index in [0.717, 1.165) is 5.56 Å². The highest BCUT2D eigenvalue weighted by atomic mass is 16.4. The van der Waals surface area contributed by atoms with Crippen molar-refractivity contribution in [2.24, 2.45) is 11.7 Å². The average molecular weight is 506 g/mol. The number of amides is 5. The number of rotatable bonds is 14. The zero-order chi connectivity index (χ0) is 27.4. The summed E-state index contributed by atoms with van der Waals surface area (Å²) in [5.41, 5.74) is 5.99. The number of carboxylic acid groups (broad SMARTS) is 1. The molecular weight excluding hydrogens is 470 g/mol. The minimum absolute atomic E-state index is 0.111. The zero-order valence-electron chi connectivity index (χ0n) is 20.9. The molecule has 0 heterocycles. The van der Waals surface area contributed by atoms with Crippen LogP contribution in [0.4, 0.5) is 0 Å². The minimum Gasteiger partial charge on any atom is -0.481 e. The molecule has 1 aromatic carbocycles. The Balaban J connectivity index is 2.99. The van der Waals surface area contributed by atoms with Gasteiger partial charge in [0.25, 0.3) is 0 Å². The lowest BCUT2D eigenvalue weighted by atomic mass is 10.0. The van der Waals surface area contributed by atoms with Gasteiger partial charge in [0, 0.05) is 19.8 Å². The van der Waals surface area contributed by atoms with Gasteiger partial charge in [-0.3, -0.25) is 28.8 Å². The van der Waals surface area contributed by atoms with Crippen molar-refractivity contribution in [2.75, 3.05) is 0 Å². The molecule has 4 unspecified atom stereocenters. The van der Waals surface area contributed by atoms with Crippen LogP contribution < -0.4 is 27.0 Å². The van der Waals surface area contributed by atoms with Crippen molar-refractivity contribution in [3.63, 3.8) is 0 Å². The molecule has 0 fully saturated rings. The Morgan fingerprint density at radius 1 is 0.833 bits per heavy atom. The number of carbonyl (C=O) groups excluding carboxylic acids is 5. The molecule has 0 bridgehead atoms. The second-order valence-corrected chi connectivity index (χ2v) is 8.80. The average Bonchev–Trinajstić information content (AvgIpc) is 2.79. The maximum Gasteiger partial charge on any atom is 0.303 e. The lowest BCUT2D eigenvalue weighted by Gasteiger charge is -2.26. The van der Waals surface area contributed by atoms with E-state index >= 15 is 0 Å². The first-order valence-corrected chi connectivity index (χ1v) is 11.5. The third-order valence-electron chi connectivity index (χ3n) is 5.28. The van der Waals surface area contributed by atoms with Gasteiger partial charge < -0.3 is 32.1 Å². The van der Waals surface area contributed by atoms with E-state index in [-0.39, 0.29) is 25.2 Å². The summed E-state index contributed by atoms with van der Waals surface area (Å²) >= 11 is 0. The van der Waals surface area contributed by atoms with Crippen molar-refractivity contribution in [3.05, 3.63) is 35.9 Å². The van der Waals surface area contributed by atoms with Crippen molar-refractivity contribution >= 4 is 35.5 Å². The summed E-state index contributed by atoms with van der Waals surface area (Å²) in [7, 11) is 0. The second kappa shape index (κ2) is 14.4. The predicted molar refractivity (Wildman–Crippen MR) is 130 cm³/mol. The minimum atomic E-state index is -1.22. The number of carboxylic acids is 1. The first kappa shape index (κ1) is 30.1. The van der Waals surface area contributed by atoms with Gasteiger partial charge in [-0.25, -0.2) is 0 Å². The molecule has 0 aliphatic rings. The smallest absolute Gasteiger partial charge is 0.303 e. The highest BCUT2D eigenvalue weighted by Crippen LogP contribution is 2.07. The zero-order valence-corrected chi connectivity index (χ0v) is 20.9. The van der Waals surface area contributed by atoms with Crippen LogP contribution in [-0.4, -0.2) is 64.8 Å². The standard InChI is InChI=1S/C24H35N5O7/c1-13(2)20(27-15(4)30)24(36)29-18(12-16-8-6-5-7-9-16)23(35)26-14(3)22(34)28-17(21(25)33)10-11-19(31)32/h5-9,13-14,17-18,20H,10-12H2,1-4H3,(H2,25,33)(H,26,35)(H,27,30)(H,28,34)(H,29,36)(H,31,32). The monoisotopic (exact) mass is 505 g/mol. The summed E-state index contributed by atoms with van der Waals surface area (Å²) in [6.07, 6.45) is -0.477. The molecule has 12 nitrogen and oxygen atoms in total. The molecule has 1 aromatic rings. The fraction of sp³-hybridized carbons (Fsp3) is 0.500. The van der Waals surface area contributed by atoms with Gasteiger partial charge in [0.15, 0.2) is 0 Å². The Labute approximate surface area is 209 Å². The van der Waals surface area contributed by atoms with Crippen LogP contribution >= 0.6 is 0 Å². The molecule has 1 rings (SSSR count). The maximum absolute atomic E-state index is 13.1. The first-order valence-electron chi connectivity index (χ1n) is 11.5. The maximum atomic E-state index is 13.1. The van der Waals surface area contributed by atoms with Crippen molar-refractivity contribution < 1.29 is 33.9 Å². The van der Waals surface area contributed by atoms with Gasteiger partial charge >= 0.3 is 5.97 Å². The van der Waals surface area contributed by atoms with E-state index in [1.165, 1.54) is 13.8 Å². The number of nitrogens with one attached hydrogen (secondary N) is 4. The SMILES string of the molecule is CC(=O)NC(C(=O)NC(Cc1ccccc1)C(=O)NC(C)C(=O)NC(CCC(=O)O)C(N)=O)C(C)C. The normalized spacial score (nSPS) is 14.0. The summed E-state index contributed by atoms with van der Waals surface area (Å²) in [6.45, 7) is 6.15. The quantitative estimate of drug-likeness (QED) is 0.190. The molecule has 0 aliphatic heterocycles. The summed E-state index contributed by atoms with van der Waals surface area (Å²) in [5, 5.41) is 18.9. The van der Waals surface area contributed by atoms with E-state index in [4.69, 9.17) is 10.8 Å². The molecule has 0 aliphatic carbocycles. The van der Waals surface area contributed by atoms with Crippen LogP contribution in [-0.2, 0) is 35.2 Å². The van der Waals surface area contributed by atoms with Crippen molar-refractivity contribution in [1.29, 1.82) is 0 Å². The number of carbonyl (C=O) groups is 6. The third-order valence-corrected chi connectivity index (χ3v) is 5.28. The number of benzene rings is 1. The summed E-state index contributed by atoms with van der Waals surface area (Å²) in [5.74, 6) is -4.69. The Bertz CT molecular complexity index is 951. The van der Waals surface area contributed by atoms with E-state index in [1.54, 1.807) is 44.2 Å². The van der Waals surface area contributed by atoms with Gasteiger partial charge in [-0.1, -0.05) is 44.2 Å². The van der Waals surface area contributed by atoms with E-state index < -0.39 is 59.7 Å². The fourth-order valence-electron chi connectivity index (χ4n) is 3.30. The van der Waals surface area contributed by atoms with Gasteiger partial charge in [-0.05, 0) is 24.8 Å².